The second-order valence-corrected chi connectivity index (χ2v) is 8.91. The van der Waals surface area contributed by atoms with E-state index in [2.05, 4.69) is 18.6 Å². The van der Waals surface area contributed by atoms with Crippen LogP contribution in [0.1, 0.15) is 44.4 Å². The number of thiophene rings is 1. The van der Waals surface area contributed by atoms with Crippen LogP contribution in [-0.2, 0) is 16.6 Å². The van der Waals surface area contributed by atoms with Crippen molar-refractivity contribution in [3.63, 3.8) is 0 Å². The number of rotatable bonds is 5. The van der Waals surface area contributed by atoms with Gasteiger partial charge in [-0.05, 0) is 36.8 Å². The molecule has 1 heterocycles. The Balaban J connectivity index is 2.14. The lowest BCUT2D eigenvalue weighted by atomic mass is 9.78. The van der Waals surface area contributed by atoms with Crippen LogP contribution >= 0.6 is 11.3 Å². The summed E-state index contributed by atoms with van der Waals surface area (Å²) in [5.41, 5.74) is 0. The van der Waals surface area contributed by atoms with Gasteiger partial charge < -0.3 is 5.11 Å². The first-order valence-corrected chi connectivity index (χ1v) is 9.46. The minimum absolute atomic E-state index is 0.0356. The van der Waals surface area contributed by atoms with Gasteiger partial charge in [-0.25, -0.2) is 13.1 Å². The molecule has 2 rings (SSSR count). The maximum atomic E-state index is 12.4. The van der Waals surface area contributed by atoms with E-state index < -0.39 is 10.0 Å². The fourth-order valence-electron chi connectivity index (χ4n) is 2.95. The Bertz CT molecular complexity index is 536. The molecule has 114 valence electrons. The normalized spacial score (nSPS) is 24.2. The lowest BCUT2D eigenvalue weighted by Crippen LogP contribution is -2.43. The molecule has 0 radical (unpaired) electrons. The standard InChI is InChI=1S/C14H23NO3S2/c1-10(2)12-5-3-4-6-13(12)15-20(17,18)14-8-7-11(9-16)19-14/h7-8,10,12-13,15-16H,3-6,9H2,1-2H3. The Hall–Kier alpha value is -0.430. The molecule has 1 aromatic rings. The molecular formula is C14H23NO3S2. The van der Waals surface area contributed by atoms with Crippen LogP contribution < -0.4 is 4.72 Å². The summed E-state index contributed by atoms with van der Waals surface area (Å²) >= 11 is 1.14. The van der Waals surface area contributed by atoms with Crippen molar-refractivity contribution in [1.82, 2.24) is 4.72 Å². The van der Waals surface area contributed by atoms with E-state index in [1.165, 1.54) is 6.42 Å². The first-order valence-electron chi connectivity index (χ1n) is 7.16. The van der Waals surface area contributed by atoms with Crippen LogP contribution in [0.4, 0.5) is 0 Å². The van der Waals surface area contributed by atoms with Crippen LogP contribution in [0.5, 0.6) is 0 Å². The molecule has 2 atom stereocenters. The Morgan fingerprint density at radius 2 is 2.05 bits per heavy atom. The molecule has 0 aromatic carbocycles. The molecule has 0 saturated heterocycles. The van der Waals surface area contributed by atoms with Gasteiger partial charge in [0.05, 0.1) is 6.61 Å². The summed E-state index contributed by atoms with van der Waals surface area (Å²) in [5, 5.41) is 9.05. The lowest BCUT2D eigenvalue weighted by molar-refractivity contribution is 0.226. The molecule has 4 nitrogen and oxygen atoms in total. The van der Waals surface area contributed by atoms with Crippen molar-refractivity contribution < 1.29 is 13.5 Å². The Morgan fingerprint density at radius 3 is 2.65 bits per heavy atom. The van der Waals surface area contributed by atoms with Gasteiger partial charge in [0.15, 0.2) is 0 Å². The van der Waals surface area contributed by atoms with E-state index in [-0.39, 0.29) is 12.6 Å². The molecule has 0 amide bonds. The molecule has 1 aromatic heterocycles. The average Bonchev–Trinajstić information content (AvgIpc) is 2.88. The second kappa shape index (κ2) is 6.56. The monoisotopic (exact) mass is 317 g/mol. The molecule has 0 bridgehead atoms. The predicted molar refractivity (Wildman–Crippen MR) is 81.1 cm³/mol. The van der Waals surface area contributed by atoms with Crippen LogP contribution in [0, 0.1) is 11.8 Å². The number of sulfonamides is 1. The number of nitrogens with one attached hydrogen (secondary N) is 1. The van der Waals surface area contributed by atoms with Crippen molar-refractivity contribution in [3.05, 3.63) is 17.0 Å². The Morgan fingerprint density at radius 1 is 1.35 bits per heavy atom. The maximum Gasteiger partial charge on any atom is 0.250 e. The molecule has 6 heteroatoms. The van der Waals surface area contributed by atoms with E-state index in [9.17, 15) is 8.42 Å². The van der Waals surface area contributed by atoms with Crippen LogP contribution in [0.25, 0.3) is 0 Å². The fraction of sp³-hybridized carbons (Fsp3) is 0.714. The highest BCUT2D eigenvalue weighted by Gasteiger charge is 2.31. The van der Waals surface area contributed by atoms with Crippen molar-refractivity contribution in [1.29, 1.82) is 0 Å². The topological polar surface area (TPSA) is 66.4 Å². The quantitative estimate of drug-likeness (QED) is 0.877. The molecule has 0 aliphatic heterocycles. The third-order valence-corrected chi connectivity index (χ3v) is 7.09. The molecule has 1 fully saturated rings. The average molecular weight is 317 g/mol. The fourth-order valence-corrected chi connectivity index (χ4v) is 5.50. The first kappa shape index (κ1) is 15.9. The van der Waals surface area contributed by atoms with E-state index in [0.717, 1.165) is 30.6 Å². The Labute approximate surface area is 125 Å². The SMILES string of the molecule is CC(C)C1CCCCC1NS(=O)(=O)c1ccc(CO)s1. The highest BCUT2D eigenvalue weighted by molar-refractivity contribution is 7.91. The third kappa shape index (κ3) is 3.61. The van der Waals surface area contributed by atoms with E-state index in [1.54, 1.807) is 12.1 Å². The highest BCUT2D eigenvalue weighted by Crippen LogP contribution is 2.32. The summed E-state index contributed by atoms with van der Waals surface area (Å²) in [5.74, 6) is 0.898. The minimum Gasteiger partial charge on any atom is -0.391 e. The van der Waals surface area contributed by atoms with E-state index in [4.69, 9.17) is 5.11 Å². The number of hydrogen-bond acceptors (Lipinski definition) is 4. The number of hydrogen-bond donors (Lipinski definition) is 2. The zero-order chi connectivity index (χ0) is 14.8. The van der Waals surface area contributed by atoms with Crippen LogP contribution in [0.3, 0.4) is 0 Å². The van der Waals surface area contributed by atoms with Gasteiger partial charge in [-0.2, -0.15) is 0 Å². The third-order valence-electron chi connectivity index (χ3n) is 4.04. The largest absolute Gasteiger partial charge is 0.391 e. The molecule has 1 aliphatic rings. The van der Waals surface area contributed by atoms with Crippen molar-refractivity contribution in [3.8, 4) is 0 Å². The highest BCUT2D eigenvalue weighted by atomic mass is 32.2. The molecular weight excluding hydrogens is 294 g/mol. The van der Waals surface area contributed by atoms with Crippen LogP contribution in [0.2, 0.25) is 0 Å². The smallest absolute Gasteiger partial charge is 0.250 e. The van der Waals surface area contributed by atoms with E-state index >= 15 is 0 Å². The zero-order valence-corrected chi connectivity index (χ0v) is 13.6. The summed E-state index contributed by atoms with van der Waals surface area (Å²) in [6, 6.07) is 3.28. The molecule has 2 unspecified atom stereocenters. The van der Waals surface area contributed by atoms with Gasteiger partial charge in [0, 0.05) is 10.9 Å². The Kier molecular flexibility index (Phi) is 5.23. The number of aliphatic hydroxyl groups is 1. The van der Waals surface area contributed by atoms with Gasteiger partial charge in [0.2, 0.25) is 10.0 Å². The predicted octanol–water partition coefficient (Wildman–Crippen LogP) is 2.73. The van der Waals surface area contributed by atoms with Crippen molar-refractivity contribution in [2.24, 2.45) is 11.8 Å². The summed E-state index contributed by atoms with van der Waals surface area (Å²) in [4.78, 5) is 0.675. The molecule has 1 saturated carbocycles. The summed E-state index contributed by atoms with van der Waals surface area (Å²) in [6.45, 7) is 4.21. The van der Waals surface area contributed by atoms with Crippen LogP contribution in [0.15, 0.2) is 16.3 Å². The van der Waals surface area contributed by atoms with Gasteiger partial charge in [-0.1, -0.05) is 26.7 Å². The van der Waals surface area contributed by atoms with Gasteiger partial charge in [0.25, 0.3) is 0 Å². The summed E-state index contributed by atoms with van der Waals surface area (Å²) in [7, 11) is -3.46. The second-order valence-electron chi connectivity index (χ2n) is 5.80. The van der Waals surface area contributed by atoms with Gasteiger partial charge in [-0.15, -0.1) is 11.3 Å². The minimum atomic E-state index is -3.46. The van der Waals surface area contributed by atoms with Crippen molar-refractivity contribution in [2.45, 2.75) is 56.4 Å². The van der Waals surface area contributed by atoms with E-state index in [0.29, 0.717) is 20.9 Å². The van der Waals surface area contributed by atoms with Crippen molar-refractivity contribution in [2.75, 3.05) is 0 Å². The van der Waals surface area contributed by atoms with Gasteiger partial charge >= 0.3 is 0 Å². The molecule has 0 spiro atoms. The lowest BCUT2D eigenvalue weighted by Gasteiger charge is -2.34. The van der Waals surface area contributed by atoms with Gasteiger partial charge in [-0.3, -0.25) is 0 Å². The van der Waals surface area contributed by atoms with Crippen LogP contribution in [-0.4, -0.2) is 19.6 Å². The maximum absolute atomic E-state index is 12.4. The molecule has 1 aliphatic carbocycles. The van der Waals surface area contributed by atoms with Gasteiger partial charge in [0.1, 0.15) is 4.21 Å². The molecule has 20 heavy (non-hydrogen) atoms. The van der Waals surface area contributed by atoms with E-state index in [1.807, 2.05) is 0 Å². The first-order chi connectivity index (χ1) is 9.44. The molecule has 2 N–H and O–H groups in total. The van der Waals surface area contributed by atoms with Crippen molar-refractivity contribution >= 4 is 21.4 Å². The zero-order valence-electron chi connectivity index (χ0n) is 12.0. The summed E-state index contributed by atoms with van der Waals surface area (Å²) in [6.07, 6.45) is 4.29. The number of aliphatic hydroxyl groups excluding tert-OH is 1. The summed E-state index contributed by atoms with van der Waals surface area (Å²) < 4.78 is 28.0.